The average molecular weight is 877 g/mol. The Balaban J connectivity index is 0.993. The van der Waals surface area contributed by atoms with Gasteiger partial charge < -0.3 is 0 Å². The van der Waals surface area contributed by atoms with Gasteiger partial charge in [0.1, 0.15) is 0 Å². The number of aliphatic imine (C=N–C) groups is 3. The maximum absolute atomic E-state index is 5.08. The molecule has 0 spiro atoms. The van der Waals surface area contributed by atoms with Gasteiger partial charge in [0.15, 0.2) is 29.1 Å². The lowest BCUT2D eigenvalue weighted by atomic mass is 9.98. The topological polar surface area (TPSA) is 75.8 Å². The zero-order valence-electron chi connectivity index (χ0n) is 38.0. The lowest BCUT2D eigenvalue weighted by Crippen LogP contribution is -2.09. The minimum absolute atomic E-state index is 0.539. The molecule has 324 valence electrons. The number of fused-ring (bicyclic) bond motifs is 3. The van der Waals surface area contributed by atoms with Gasteiger partial charge in [-0.25, -0.2) is 24.9 Å². The lowest BCUT2D eigenvalue weighted by Gasteiger charge is -2.13. The number of hydrogen-bond donors (Lipinski definition) is 0. The predicted octanol–water partition coefficient (Wildman–Crippen LogP) is 15.6. The number of hydrogen-bond acceptors (Lipinski definition) is 5. The second kappa shape index (κ2) is 20.1. The molecular formula is C59H52N6S. The van der Waals surface area contributed by atoms with Gasteiger partial charge in [-0.2, -0.15) is 0 Å². The minimum Gasteiger partial charge on any atom is -0.261 e. The Hall–Kier alpha value is -7.48. The molecule has 0 aliphatic heterocycles. The van der Waals surface area contributed by atoms with E-state index in [4.69, 9.17) is 24.9 Å². The average Bonchev–Trinajstić information content (AvgIpc) is 3.54. The third kappa shape index (κ3) is 9.63. The highest BCUT2D eigenvalue weighted by Gasteiger charge is 2.17. The molecule has 6 nitrogen and oxygen atoms in total. The summed E-state index contributed by atoms with van der Waals surface area (Å²) in [5.74, 6) is 3.30. The lowest BCUT2D eigenvalue weighted by molar-refractivity contribution is 0.948. The monoisotopic (exact) mass is 876 g/mol. The van der Waals surface area contributed by atoms with Crippen LogP contribution in [0, 0.1) is 6.92 Å². The van der Waals surface area contributed by atoms with Crippen LogP contribution in [0.4, 0.5) is 0 Å². The molecule has 0 radical (unpaired) electrons. The smallest absolute Gasteiger partial charge is 0.164 e. The molecule has 9 rings (SSSR count). The van der Waals surface area contributed by atoms with Crippen molar-refractivity contribution in [2.24, 2.45) is 15.0 Å². The van der Waals surface area contributed by atoms with Crippen molar-refractivity contribution in [1.82, 2.24) is 15.0 Å². The Morgan fingerprint density at radius 2 is 1.44 bits per heavy atom. The number of benzene rings is 5. The van der Waals surface area contributed by atoms with Crippen molar-refractivity contribution < 1.29 is 0 Å². The maximum Gasteiger partial charge on any atom is 0.164 e. The zero-order valence-corrected chi connectivity index (χ0v) is 38.8. The van der Waals surface area contributed by atoms with E-state index in [1.54, 1.807) is 0 Å². The molecule has 5 aromatic carbocycles. The van der Waals surface area contributed by atoms with Crippen LogP contribution < -0.4 is 0 Å². The summed E-state index contributed by atoms with van der Waals surface area (Å²) in [6.45, 7) is 12.9. The van der Waals surface area contributed by atoms with E-state index in [9.17, 15) is 0 Å². The van der Waals surface area contributed by atoms with Crippen molar-refractivity contribution in [3.8, 4) is 33.9 Å². The largest absolute Gasteiger partial charge is 0.261 e. The number of aryl methyl sites for hydroxylation is 1. The molecule has 0 atom stereocenters. The quantitative estimate of drug-likeness (QED) is 0.0738. The summed E-state index contributed by atoms with van der Waals surface area (Å²) in [5.41, 5.74) is 13.2. The summed E-state index contributed by atoms with van der Waals surface area (Å²) in [4.78, 5) is 29.5. The van der Waals surface area contributed by atoms with Crippen LogP contribution in [0.5, 0.6) is 0 Å². The van der Waals surface area contributed by atoms with Gasteiger partial charge in [0.2, 0.25) is 0 Å². The summed E-state index contributed by atoms with van der Waals surface area (Å²) in [7, 11) is 0. The predicted molar refractivity (Wildman–Crippen MR) is 282 cm³/mol. The summed E-state index contributed by atoms with van der Waals surface area (Å²) >= 11 is 1.83. The first-order chi connectivity index (χ1) is 32.4. The molecule has 7 aromatic rings. The summed E-state index contributed by atoms with van der Waals surface area (Å²) in [6, 6.07) is 40.8. The summed E-state index contributed by atoms with van der Waals surface area (Å²) < 4.78 is 2.52. The maximum atomic E-state index is 5.08. The molecule has 2 heterocycles. The first kappa shape index (κ1) is 43.8. The van der Waals surface area contributed by atoms with E-state index in [-0.39, 0.29) is 0 Å². The highest BCUT2D eigenvalue weighted by Crippen LogP contribution is 2.39. The van der Waals surface area contributed by atoms with Gasteiger partial charge in [-0.3, -0.25) is 4.99 Å². The Kier molecular flexibility index (Phi) is 13.4. The van der Waals surface area contributed by atoms with Crippen LogP contribution in [-0.2, 0) is 6.54 Å². The Labute approximate surface area is 392 Å². The van der Waals surface area contributed by atoms with Crippen LogP contribution in [0.2, 0.25) is 0 Å². The van der Waals surface area contributed by atoms with Crippen LogP contribution in [0.25, 0.3) is 65.2 Å². The fourth-order valence-electron chi connectivity index (χ4n) is 8.38. The van der Waals surface area contributed by atoms with Gasteiger partial charge in [0, 0.05) is 42.4 Å². The van der Waals surface area contributed by atoms with E-state index in [1.165, 1.54) is 31.3 Å². The van der Waals surface area contributed by atoms with Crippen LogP contribution in [0.3, 0.4) is 0 Å². The van der Waals surface area contributed by atoms with Gasteiger partial charge in [0.25, 0.3) is 0 Å². The highest BCUT2D eigenvalue weighted by atomic mass is 32.1. The van der Waals surface area contributed by atoms with Crippen molar-refractivity contribution >= 4 is 61.0 Å². The van der Waals surface area contributed by atoms with Crippen molar-refractivity contribution in [2.75, 3.05) is 0 Å². The molecule has 2 aliphatic carbocycles. The zero-order chi connectivity index (χ0) is 45.4. The van der Waals surface area contributed by atoms with Gasteiger partial charge in [-0.05, 0) is 116 Å². The van der Waals surface area contributed by atoms with E-state index in [2.05, 4.69) is 160 Å². The van der Waals surface area contributed by atoms with Crippen LogP contribution >= 0.6 is 11.3 Å². The molecule has 0 fully saturated rings. The van der Waals surface area contributed by atoms with Crippen LogP contribution in [0.1, 0.15) is 69.0 Å². The number of amidine groups is 2. The number of rotatable bonds is 11. The molecule has 0 saturated carbocycles. The Morgan fingerprint density at radius 1 is 0.727 bits per heavy atom. The molecule has 0 saturated heterocycles. The van der Waals surface area contributed by atoms with E-state index in [1.807, 2.05) is 60.7 Å². The Bertz CT molecular complexity index is 3260. The van der Waals surface area contributed by atoms with Crippen molar-refractivity contribution in [2.45, 2.75) is 59.9 Å². The number of allylic oxidation sites excluding steroid dienone is 10. The van der Waals surface area contributed by atoms with Crippen LogP contribution in [0.15, 0.2) is 202 Å². The number of aromatic nitrogens is 3. The summed E-state index contributed by atoms with van der Waals surface area (Å²) in [6.07, 6.45) is 22.8. The molecule has 0 bridgehead atoms. The standard InChI is InChI=1S/C59H52N6S/c1-6-8-21-42(7-2)56-63-57(65-59(64-56)50-25-15-13-18-40(50)4)46-30-27-44(28-31-46)48-33-35-54-52(37-48)51-36-47(32-34-53(51)66-54)43-22-16-23-45(29-26-43)55(60-5)62-58(49-24-14-12-17-39(49)3)61-38-41-19-10-9-11-20-41/h6,8-11,13-15,18-37H,5,7,12,16-17,38H2,1-4H3/b8-6-,42-21+,61-58?,62-55?. The first-order valence-electron chi connectivity index (χ1n) is 22.7. The fourth-order valence-corrected chi connectivity index (χ4v) is 9.44. The Morgan fingerprint density at radius 3 is 2.18 bits per heavy atom. The number of nitrogens with zero attached hydrogens (tertiary/aromatic N) is 6. The molecule has 2 aromatic heterocycles. The third-order valence-electron chi connectivity index (χ3n) is 12.1. The van der Waals surface area contributed by atoms with Gasteiger partial charge in [-0.15, -0.1) is 11.3 Å². The normalized spacial score (nSPS) is 14.9. The molecule has 0 amide bonds. The van der Waals surface area contributed by atoms with Crippen molar-refractivity contribution in [3.63, 3.8) is 0 Å². The second-order valence-corrected chi connectivity index (χ2v) is 17.6. The van der Waals surface area contributed by atoms with E-state index in [0.717, 1.165) is 81.4 Å². The molecule has 66 heavy (non-hydrogen) atoms. The molecule has 2 aliphatic rings. The van der Waals surface area contributed by atoms with Crippen LogP contribution in [-0.4, -0.2) is 33.3 Å². The molecule has 0 N–H and O–H groups in total. The SMILES string of the molecule is C=NC(=NC(=NCc1ccccc1)C1=C(C)CCC=C1)C1=CCC=C(c2ccc3sc4ccc(-c5ccc(-c6nc(/C(=C/C=C\C)CC)nc(-c7ccccc7C)n6)cc5)cc4c3c2)C=C1. The fraction of sp³-hybridized carbons (Fsp3) is 0.153. The van der Waals surface area contributed by atoms with Crippen molar-refractivity contribution in [1.29, 1.82) is 0 Å². The molecule has 7 heteroatoms. The van der Waals surface area contributed by atoms with E-state index < -0.39 is 0 Å². The molecular weight excluding hydrogens is 825 g/mol. The minimum atomic E-state index is 0.539. The first-order valence-corrected chi connectivity index (χ1v) is 23.5. The third-order valence-corrected chi connectivity index (χ3v) is 13.3. The summed E-state index contributed by atoms with van der Waals surface area (Å²) in [5, 5.41) is 2.49. The van der Waals surface area contributed by atoms with Crippen molar-refractivity contribution in [3.05, 3.63) is 209 Å². The highest BCUT2D eigenvalue weighted by molar-refractivity contribution is 7.25. The van der Waals surface area contributed by atoms with Gasteiger partial charge in [0.05, 0.1) is 6.54 Å². The molecule has 0 unspecified atom stereocenters. The second-order valence-electron chi connectivity index (χ2n) is 16.5. The van der Waals surface area contributed by atoms with Gasteiger partial charge >= 0.3 is 0 Å². The van der Waals surface area contributed by atoms with Gasteiger partial charge in [-0.1, -0.05) is 158 Å². The number of thiophene rings is 1. The van der Waals surface area contributed by atoms with E-state index in [0.29, 0.717) is 35.7 Å². The van der Waals surface area contributed by atoms with E-state index >= 15 is 0 Å².